The van der Waals surface area contributed by atoms with Crippen molar-refractivity contribution in [3.8, 4) is 0 Å². The van der Waals surface area contributed by atoms with Gasteiger partial charge in [-0.05, 0) is 42.5 Å². The summed E-state index contributed by atoms with van der Waals surface area (Å²) in [5.74, 6) is -1.88. The van der Waals surface area contributed by atoms with Crippen LogP contribution in [0.5, 0.6) is 0 Å². The second-order valence-electron chi connectivity index (χ2n) is 5.74. The first kappa shape index (κ1) is 22.0. The van der Waals surface area contributed by atoms with Crippen LogP contribution in [-0.2, 0) is 14.8 Å². The molecule has 0 unspecified atom stereocenters. The van der Waals surface area contributed by atoms with Gasteiger partial charge in [-0.25, -0.2) is 17.6 Å². The number of ketones is 1. The fourth-order valence-electron chi connectivity index (χ4n) is 2.46. The van der Waals surface area contributed by atoms with Gasteiger partial charge in [0.05, 0.1) is 10.6 Å². The van der Waals surface area contributed by atoms with Crippen LogP contribution in [0.4, 0.5) is 4.39 Å². The van der Waals surface area contributed by atoms with E-state index in [0.717, 1.165) is 18.2 Å². The number of carbonyl (C=O) groups is 2. The van der Waals surface area contributed by atoms with Crippen molar-refractivity contribution in [3.05, 3.63) is 64.4 Å². The average Bonchev–Trinajstić information content (AvgIpc) is 2.67. The highest BCUT2D eigenvalue weighted by atomic mass is 35.5. The Kier molecular flexibility index (Phi) is 7.29. The number of nitrogens with zero attached hydrogens (tertiary/aromatic N) is 1. The number of halogens is 2. The number of ether oxygens (including phenoxy) is 1. The normalized spacial score (nSPS) is 11.5. The van der Waals surface area contributed by atoms with Gasteiger partial charge in [0, 0.05) is 18.7 Å². The topological polar surface area (TPSA) is 80.8 Å². The van der Waals surface area contributed by atoms with Gasteiger partial charge in [-0.15, -0.1) is 0 Å². The van der Waals surface area contributed by atoms with Gasteiger partial charge in [0.2, 0.25) is 10.0 Å². The van der Waals surface area contributed by atoms with Crippen molar-refractivity contribution in [3.63, 3.8) is 0 Å². The Morgan fingerprint density at radius 2 is 1.61 bits per heavy atom. The minimum atomic E-state index is -3.88. The highest BCUT2D eigenvalue weighted by molar-refractivity contribution is 7.89. The van der Waals surface area contributed by atoms with E-state index in [9.17, 15) is 22.4 Å². The smallest absolute Gasteiger partial charge is 0.338 e. The number of rotatable bonds is 8. The summed E-state index contributed by atoms with van der Waals surface area (Å²) < 4.78 is 44.4. The van der Waals surface area contributed by atoms with Crippen LogP contribution in [0.3, 0.4) is 0 Å². The molecule has 0 aliphatic heterocycles. The van der Waals surface area contributed by atoms with Crippen molar-refractivity contribution < 1.29 is 27.1 Å². The molecule has 150 valence electrons. The summed E-state index contributed by atoms with van der Waals surface area (Å²) >= 11 is 6.02. The van der Waals surface area contributed by atoms with Crippen molar-refractivity contribution in [2.75, 3.05) is 19.7 Å². The van der Waals surface area contributed by atoms with Gasteiger partial charge < -0.3 is 4.74 Å². The van der Waals surface area contributed by atoms with Gasteiger partial charge in [0.1, 0.15) is 10.7 Å². The quantitative estimate of drug-likeness (QED) is 0.475. The summed E-state index contributed by atoms with van der Waals surface area (Å²) in [4.78, 5) is 24.1. The van der Waals surface area contributed by atoms with Gasteiger partial charge in [0.15, 0.2) is 12.4 Å². The predicted molar refractivity (Wildman–Crippen MR) is 103 cm³/mol. The van der Waals surface area contributed by atoms with Crippen LogP contribution in [0, 0.1) is 5.82 Å². The van der Waals surface area contributed by atoms with Crippen molar-refractivity contribution in [1.82, 2.24) is 4.31 Å². The second-order valence-corrected chi connectivity index (χ2v) is 8.05. The average molecular weight is 428 g/mol. The summed E-state index contributed by atoms with van der Waals surface area (Å²) in [5, 5.41) is -0.0224. The third-order valence-corrected chi connectivity index (χ3v) is 6.52. The van der Waals surface area contributed by atoms with Gasteiger partial charge in [-0.1, -0.05) is 25.4 Å². The van der Waals surface area contributed by atoms with Crippen LogP contribution in [0.25, 0.3) is 0 Å². The van der Waals surface area contributed by atoms with E-state index in [2.05, 4.69) is 0 Å². The molecule has 0 N–H and O–H groups in total. The standard InChI is InChI=1S/C19H19ClFNO5S/c1-3-22(4-2)28(25,26)18-11-14(7-10-16(18)20)19(24)27-12-17(23)13-5-8-15(21)9-6-13/h5-11H,3-4,12H2,1-2H3. The Bertz CT molecular complexity index is 972. The summed E-state index contributed by atoms with van der Waals surface area (Å²) in [5.41, 5.74) is 0.136. The number of Topliss-reactive ketones (excluding diaryl/α,β-unsaturated/α-hetero) is 1. The van der Waals surface area contributed by atoms with E-state index in [0.29, 0.717) is 0 Å². The lowest BCUT2D eigenvalue weighted by molar-refractivity contribution is 0.0474. The molecule has 2 rings (SSSR count). The van der Waals surface area contributed by atoms with Crippen LogP contribution < -0.4 is 0 Å². The molecule has 0 aromatic heterocycles. The first-order chi connectivity index (χ1) is 13.2. The van der Waals surface area contributed by atoms with E-state index in [1.807, 2.05) is 0 Å². The third kappa shape index (κ3) is 4.95. The molecule has 0 spiro atoms. The molecule has 0 aliphatic rings. The van der Waals surface area contributed by atoms with Crippen LogP contribution in [0.15, 0.2) is 47.4 Å². The predicted octanol–water partition coefficient (Wildman–Crippen LogP) is 3.55. The van der Waals surface area contributed by atoms with E-state index in [4.69, 9.17) is 16.3 Å². The number of sulfonamides is 1. The van der Waals surface area contributed by atoms with Gasteiger partial charge >= 0.3 is 5.97 Å². The minimum absolute atomic E-state index is 0.0224. The Morgan fingerprint density at radius 1 is 1.04 bits per heavy atom. The molecular formula is C19H19ClFNO5S. The highest BCUT2D eigenvalue weighted by Crippen LogP contribution is 2.26. The molecule has 2 aromatic rings. The lowest BCUT2D eigenvalue weighted by Crippen LogP contribution is -2.31. The largest absolute Gasteiger partial charge is 0.454 e. The first-order valence-electron chi connectivity index (χ1n) is 8.46. The summed E-state index contributed by atoms with van der Waals surface area (Å²) in [7, 11) is -3.88. The molecular weight excluding hydrogens is 409 g/mol. The molecule has 9 heteroatoms. The van der Waals surface area contributed by atoms with Crippen LogP contribution >= 0.6 is 11.6 Å². The fraction of sp³-hybridized carbons (Fsp3) is 0.263. The van der Waals surface area contributed by atoms with Crippen molar-refractivity contribution in [1.29, 1.82) is 0 Å². The molecule has 0 saturated heterocycles. The zero-order valence-electron chi connectivity index (χ0n) is 15.3. The van der Waals surface area contributed by atoms with Crippen molar-refractivity contribution in [2.45, 2.75) is 18.7 Å². The molecule has 6 nitrogen and oxygen atoms in total. The van der Waals surface area contributed by atoms with Gasteiger partial charge in [0.25, 0.3) is 0 Å². The van der Waals surface area contributed by atoms with Gasteiger partial charge in [-0.2, -0.15) is 4.31 Å². The lowest BCUT2D eigenvalue weighted by Gasteiger charge is -2.19. The third-order valence-electron chi connectivity index (χ3n) is 3.99. The Balaban J connectivity index is 2.18. The van der Waals surface area contributed by atoms with E-state index < -0.39 is 34.2 Å². The first-order valence-corrected chi connectivity index (χ1v) is 10.3. The maximum atomic E-state index is 12.9. The maximum absolute atomic E-state index is 12.9. The van der Waals surface area contributed by atoms with Gasteiger partial charge in [-0.3, -0.25) is 4.79 Å². The molecule has 0 atom stereocenters. The Labute approximate surface area is 167 Å². The molecule has 0 aliphatic carbocycles. The molecule has 28 heavy (non-hydrogen) atoms. The summed E-state index contributed by atoms with van der Waals surface area (Å²) in [6.45, 7) is 3.31. The maximum Gasteiger partial charge on any atom is 0.338 e. The monoisotopic (exact) mass is 427 g/mol. The highest BCUT2D eigenvalue weighted by Gasteiger charge is 2.26. The lowest BCUT2D eigenvalue weighted by atomic mass is 10.1. The number of hydrogen-bond acceptors (Lipinski definition) is 5. The van der Waals surface area contributed by atoms with E-state index >= 15 is 0 Å². The zero-order valence-corrected chi connectivity index (χ0v) is 16.9. The van der Waals surface area contributed by atoms with Crippen LogP contribution in [0.1, 0.15) is 34.6 Å². The number of esters is 1. The zero-order chi connectivity index (χ0) is 20.9. The van der Waals surface area contributed by atoms with E-state index in [1.165, 1.54) is 28.6 Å². The molecule has 0 radical (unpaired) electrons. The molecule has 2 aromatic carbocycles. The molecule has 0 fully saturated rings. The number of hydrogen-bond donors (Lipinski definition) is 0. The molecule has 0 amide bonds. The SMILES string of the molecule is CCN(CC)S(=O)(=O)c1cc(C(=O)OCC(=O)c2ccc(F)cc2)ccc1Cl. The minimum Gasteiger partial charge on any atom is -0.454 e. The number of benzene rings is 2. The van der Waals surface area contributed by atoms with Crippen molar-refractivity contribution in [2.24, 2.45) is 0 Å². The van der Waals surface area contributed by atoms with E-state index in [1.54, 1.807) is 13.8 Å². The second kappa shape index (κ2) is 9.27. The summed E-state index contributed by atoms with van der Waals surface area (Å²) in [6, 6.07) is 8.54. The van der Waals surface area contributed by atoms with Crippen LogP contribution in [-0.4, -0.2) is 44.2 Å². The fourth-order valence-corrected chi connectivity index (χ4v) is 4.42. The van der Waals surface area contributed by atoms with E-state index in [-0.39, 0.29) is 34.1 Å². The number of carbonyl (C=O) groups excluding carboxylic acids is 2. The Hall–Kier alpha value is -2.29. The Morgan fingerprint density at radius 3 is 2.18 bits per heavy atom. The molecule has 0 saturated carbocycles. The van der Waals surface area contributed by atoms with Crippen molar-refractivity contribution >= 4 is 33.4 Å². The summed E-state index contributed by atoms with van der Waals surface area (Å²) in [6.07, 6.45) is 0. The molecule has 0 heterocycles. The van der Waals surface area contributed by atoms with Crippen LogP contribution in [0.2, 0.25) is 5.02 Å². The molecule has 0 bridgehead atoms.